The van der Waals surface area contributed by atoms with Crippen LogP contribution in [0.2, 0.25) is 0 Å². The van der Waals surface area contributed by atoms with E-state index in [4.69, 9.17) is 0 Å². The average Bonchev–Trinajstić information content (AvgIpc) is 2.48. The minimum Gasteiger partial charge on any atom is -0.293 e. The van der Waals surface area contributed by atoms with E-state index in [0.29, 0.717) is 12.1 Å². The van der Waals surface area contributed by atoms with Gasteiger partial charge >= 0.3 is 6.18 Å². The third-order valence-electron chi connectivity index (χ3n) is 2.35. The molecule has 0 radical (unpaired) electrons. The van der Waals surface area contributed by atoms with Crippen molar-refractivity contribution in [3.05, 3.63) is 29.3 Å². The Bertz CT molecular complexity index is 552. The van der Waals surface area contributed by atoms with E-state index in [1.54, 1.807) is 0 Å². The zero-order valence-electron chi connectivity index (χ0n) is 8.52. The van der Waals surface area contributed by atoms with Gasteiger partial charge < -0.3 is 0 Å². The van der Waals surface area contributed by atoms with Gasteiger partial charge in [0.2, 0.25) is 0 Å². The third-order valence-corrected chi connectivity index (χ3v) is 2.35. The Morgan fingerprint density at radius 3 is 2.17 bits per heavy atom. The fraction of sp³-hybridized carbons (Fsp3) is 0.200. The Morgan fingerprint density at radius 2 is 1.61 bits per heavy atom. The number of hydrogen-bond acceptors (Lipinski definition) is 2. The van der Waals surface area contributed by atoms with Crippen molar-refractivity contribution >= 4 is 17.4 Å². The molecule has 0 unspecified atom stereocenters. The molecule has 1 aromatic carbocycles. The van der Waals surface area contributed by atoms with Crippen LogP contribution in [-0.4, -0.2) is 24.4 Å². The summed E-state index contributed by atoms with van der Waals surface area (Å²) in [6.45, 7) is -1.84. The molecule has 0 saturated heterocycles. The minimum absolute atomic E-state index is 0.101. The number of anilines is 1. The van der Waals surface area contributed by atoms with Crippen molar-refractivity contribution in [3.63, 3.8) is 0 Å². The van der Waals surface area contributed by atoms with Crippen molar-refractivity contribution in [1.29, 1.82) is 0 Å². The summed E-state index contributed by atoms with van der Waals surface area (Å²) in [5.41, 5.74) is -1.91. The summed E-state index contributed by atoms with van der Waals surface area (Å²) in [5, 5.41) is 0. The monoisotopic (exact) mass is 265 g/mol. The molecule has 1 aliphatic rings. The van der Waals surface area contributed by atoms with Gasteiger partial charge in [0.25, 0.3) is 11.7 Å². The second-order valence-corrected chi connectivity index (χ2v) is 3.59. The van der Waals surface area contributed by atoms with E-state index in [0.717, 1.165) is 0 Å². The molecule has 96 valence electrons. The Kier molecular flexibility index (Phi) is 2.60. The largest absolute Gasteiger partial charge is 0.406 e. The van der Waals surface area contributed by atoms with Crippen molar-refractivity contribution < 1.29 is 31.5 Å². The quantitative estimate of drug-likeness (QED) is 0.575. The molecule has 0 aliphatic carbocycles. The van der Waals surface area contributed by atoms with Crippen LogP contribution in [-0.2, 0) is 4.79 Å². The molecule has 0 aromatic heterocycles. The maximum absolute atomic E-state index is 13.4. The van der Waals surface area contributed by atoms with Gasteiger partial charge in [0.1, 0.15) is 18.2 Å². The number of amides is 1. The maximum Gasteiger partial charge on any atom is 0.406 e. The molecule has 8 heteroatoms. The highest BCUT2D eigenvalue weighted by atomic mass is 19.4. The average molecular weight is 265 g/mol. The number of nitrogens with zero attached hydrogens (tertiary/aromatic N) is 1. The zero-order valence-corrected chi connectivity index (χ0v) is 8.52. The van der Waals surface area contributed by atoms with Crippen LogP contribution in [0.4, 0.5) is 27.6 Å². The van der Waals surface area contributed by atoms with Gasteiger partial charge in [0, 0.05) is 0 Å². The molecule has 1 aliphatic heterocycles. The Labute approximate surface area is 96.8 Å². The summed E-state index contributed by atoms with van der Waals surface area (Å²) in [7, 11) is 0. The number of rotatable bonds is 1. The Hall–Kier alpha value is -1.99. The van der Waals surface area contributed by atoms with Crippen LogP contribution in [0.1, 0.15) is 10.4 Å². The molecule has 0 spiro atoms. The molecule has 2 rings (SSSR count). The van der Waals surface area contributed by atoms with Gasteiger partial charge in [-0.05, 0) is 12.1 Å². The van der Waals surface area contributed by atoms with E-state index < -0.39 is 47.3 Å². The first-order valence-corrected chi connectivity index (χ1v) is 4.63. The van der Waals surface area contributed by atoms with Crippen molar-refractivity contribution in [3.8, 4) is 0 Å². The summed E-state index contributed by atoms with van der Waals surface area (Å²) >= 11 is 0. The molecule has 0 atom stereocenters. The van der Waals surface area contributed by atoms with Crippen molar-refractivity contribution in [1.82, 2.24) is 0 Å². The van der Waals surface area contributed by atoms with E-state index >= 15 is 0 Å². The summed E-state index contributed by atoms with van der Waals surface area (Å²) in [6.07, 6.45) is -4.82. The normalized spacial score (nSPS) is 15.3. The van der Waals surface area contributed by atoms with E-state index in [9.17, 15) is 31.5 Å². The first-order valence-electron chi connectivity index (χ1n) is 4.63. The van der Waals surface area contributed by atoms with Crippen LogP contribution >= 0.6 is 0 Å². The molecule has 0 bridgehead atoms. The summed E-state index contributed by atoms with van der Waals surface area (Å²) in [4.78, 5) is 22.5. The predicted octanol–water partition coefficient (Wildman–Crippen LogP) is 2.06. The van der Waals surface area contributed by atoms with Crippen molar-refractivity contribution in [2.24, 2.45) is 0 Å². The molecule has 0 fully saturated rings. The minimum atomic E-state index is -4.82. The van der Waals surface area contributed by atoms with Crippen LogP contribution < -0.4 is 4.90 Å². The number of carbonyl (C=O) groups is 2. The number of alkyl halides is 3. The highest BCUT2D eigenvalue weighted by Crippen LogP contribution is 2.35. The first-order chi connectivity index (χ1) is 8.22. The highest BCUT2D eigenvalue weighted by molar-refractivity contribution is 6.52. The van der Waals surface area contributed by atoms with Crippen LogP contribution in [0.15, 0.2) is 12.1 Å². The van der Waals surface area contributed by atoms with Gasteiger partial charge in [-0.15, -0.1) is 0 Å². The molecule has 0 N–H and O–H groups in total. The van der Waals surface area contributed by atoms with Crippen LogP contribution in [0.25, 0.3) is 0 Å². The number of halogens is 5. The molecular formula is C10H4F5NO2. The lowest BCUT2D eigenvalue weighted by molar-refractivity contribution is -0.129. The summed E-state index contributed by atoms with van der Waals surface area (Å²) < 4.78 is 63.3. The van der Waals surface area contributed by atoms with Crippen molar-refractivity contribution in [2.75, 3.05) is 11.4 Å². The Morgan fingerprint density at radius 1 is 1.06 bits per heavy atom. The lowest BCUT2D eigenvalue weighted by atomic mass is 10.1. The smallest absolute Gasteiger partial charge is 0.293 e. The lowest BCUT2D eigenvalue weighted by Gasteiger charge is -2.18. The molecule has 3 nitrogen and oxygen atoms in total. The second-order valence-electron chi connectivity index (χ2n) is 3.59. The van der Waals surface area contributed by atoms with Crippen LogP contribution in [0, 0.1) is 11.6 Å². The maximum atomic E-state index is 13.4. The standard InChI is InChI=1S/C10H4F5NO2/c11-4-1-2-5(12)7-6(4)8(17)9(18)16(7)3-10(13,14)15/h1-2H,3H2. The number of carbonyl (C=O) groups excluding carboxylic acids is 2. The van der Waals surface area contributed by atoms with Gasteiger partial charge in [-0.25, -0.2) is 8.78 Å². The van der Waals surface area contributed by atoms with Crippen LogP contribution in [0.3, 0.4) is 0 Å². The topological polar surface area (TPSA) is 37.4 Å². The number of ketones is 1. The molecule has 1 amide bonds. The molecule has 1 aromatic rings. The number of benzene rings is 1. The van der Waals surface area contributed by atoms with Gasteiger partial charge in [0.05, 0.1) is 11.3 Å². The van der Waals surface area contributed by atoms with Gasteiger partial charge in [-0.3, -0.25) is 14.5 Å². The summed E-state index contributed by atoms with van der Waals surface area (Å²) in [6, 6.07) is 1.14. The SMILES string of the molecule is O=C1C(=O)N(CC(F)(F)F)c2c(F)ccc(F)c21. The predicted molar refractivity (Wildman–Crippen MR) is 49.1 cm³/mol. The van der Waals surface area contributed by atoms with Gasteiger partial charge in [0.15, 0.2) is 0 Å². The molecule has 0 saturated carbocycles. The summed E-state index contributed by atoms with van der Waals surface area (Å²) in [5.74, 6) is -5.55. The molecule has 18 heavy (non-hydrogen) atoms. The third kappa shape index (κ3) is 1.83. The fourth-order valence-corrected chi connectivity index (χ4v) is 1.68. The van der Waals surface area contributed by atoms with Crippen LogP contribution in [0.5, 0.6) is 0 Å². The highest BCUT2D eigenvalue weighted by Gasteiger charge is 2.45. The molecule has 1 heterocycles. The zero-order chi connectivity index (χ0) is 13.7. The van der Waals surface area contributed by atoms with E-state index in [2.05, 4.69) is 0 Å². The molecular weight excluding hydrogens is 261 g/mol. The van der Waals surface area contributed by atoms with E-state index in [-0.39, 0.29) is 4.90 Å². The van der Waals surface area contributed by atoms with E-state index in [1.807, 2.05) is 0 Å². The Balaban J connectivity index is 2.58. The second kappa shape index (κ2) is 3.76. The first kappa shape index (κ1) is 12.5. The lowest BCUT2D eigenvalue weighted by Crippen LogP contribution is -2.38. The fourth-order valence-electron chi connectivity index (χ4n) is 1.68. The van der Waals surface area contributed by atoms with E-state index in [1.165, 1.54) is 0 Å². The van der Waals surface area contributed by atoms with Gasteiger partial charge in [-0.2, -0.15) is 13.2 Å². The van der Waals surface area contributed by atoms with Gasteiger partial charge in [-0.1, -0.05) is 0 Å². The van der Waals surface area contributed by atoms with Crippen molar-refractivity contribution in [2.45, 2.75) is 6.18 Å². The number of hydrogen-bond donors (Lipinski definition) is 0. The number of fused-ring (bicyclic) bond motifs is 1. The number of Topliss-reactive ketones (excluding diaryl/α,β-unsaturated/α-hetero) is 1.